The molecule has 0 atom stereocenters. The molecule has 2 N–H and O–H groups in total. The molecular weight excluding hydrogens is 311 g/mol. The smallest absolute Gasteiger partial charge is 0.419 e. The number of alkyl halides is 3. The molecule has 0 fully saturated rings. The number of amides is 1. The number of rotatable bonds is 4. The zero-order valence-corrected chi connectivity index (χ0v) is 13.2. The van der Waals surface area contributed by atoms with Gasteiger partial charge < -0.3 is 15.2 Å². The molecule has 0 spiro atoms. The van der Waals surface area contributed by atoms with Crippen LogP contribution < -0.4 is 5.32 Å². The van der Waals surface area contributed by atoms with Gasteiger partial charge in [0.2, 0.25) is 0 Å². The molecule has 0 aliphatic carbocycles. The normalized spacial score (nSPS) is 12.4. The fraction of sp³-hybridized carbons (Fsp3) is 0.438. The second-order valence-corrected chi connectivity index (χ2v) is 5.89. The zero-order chi connectivity index (χ0) is 17.7. The molecule has 1 aromatic carbocycles. The van der Waals surface area contributed by atoms with Crippen molar-refractivity contribution in [1.82, 2.24) is 5.32 Å². The summed E-state index contributed by atoms with van der Waals surface area (Å²) in [5, 5.41) is 11.8. The molecular formula is C16H20F3NO3. The van der Waals surface area contributed by atoms with E-state index in [4.69, 9.17) is 4.74 Å². The van der Waals surface area contributed by atoms with Crippen molar-refractivity contribution in [2.24, 2.45) is 0 Å². The van der Waals surface area contributed by atoms with E-state index in [2.05, 4.69) is 5.32 Å². The van der Waals surface area contributed by atoms with Crippen molar-refractivity contribution < 1.29 is 27.8 Å². The number of hydrogen-bond donors (Lipinski definition) is 2. The molecule has 0 heterocycles. The fourth-order valence-electron chi connectivity index (χ4n) is 1.68. The van der Waals surface area contributed by atoms with E-state index in [1.807, 2.05) is 0 Å². The maximum absolute atomic E-state index is 12.7. The van der Waals surface area contributed by atoms with Crippen LogP contribution in [0, 0.1) is 0 Å². The summed E-state index contributed by atoms with van der Waals surface area (Å²) in [7, 11) is 0. The number of aromatic hydroxyl groups is 1. The predicted molar refractivity (Wildman–Crippen MR) is 81.0 cm³/mol. The molecule has 0 radical (unpaired) electrons. The third-order valence-corrected chi connectivity index (χ3v) is 2.62. The molecule has 0 bridgehead atoms. The Hall–Kier alpha value is -2.18. The minimum Gasteiger partial charge on any atom is -0.507 e. The Balaban J connectivity index is 2.52. The van der Waals surface area contributed by atoms with Crippen LogP contribution in [0.1, 0.15) is 38.3 Å². The molecule has 1 aromatic rings. The van der Waals surface area contributed by atoms with E-state index in [0.717, 1.165) is 12.1 Å². The van der Waals surface area contributed by atoms with E-state index in [1.165, 1.54) is 12.1 Å². The third-order valence-electron chi connectivity index (χ3n) is 2.62. The lowest BCUT2D eigenvalue weighted by atomic mass is 10.1. The molecule has 1 rings (SSSR count). The van der Waals surface area contributed by atoms with Crippen molar-refractivity contribution in [3.05, 3.63) is 35.4 Å². The van der Waals surface area contributed by atoms with Crippen LogP contribution in [0.15, 0.2) is 24.3 Å². The minimum absolute atomic E-state index is 0.301. The van der Waals surface area contributed by atoms with Crippen molar-refractivity contribution >= 4 is 12.2 Å². The maximum atomic E-state index is 12.7. The number of nitrogens with one attached hydrogen (secondary N) is 1. The van der Waals surface area contributed by atoms with Gasteiger partial charge in [-0.25, -0.2) is 4.79 Å². The third kappa shape index (κ3) is 7.08. The molecule has 4 nitrogen and oxygen atoms in total. The number of phenols is 1. The number of ether oxygens (including phenoxy) is 1. The highest BCUT2D eigenvalue weighted by molar-refractivity contribution is 5.67. The van der Waals surface area contributed by atoms with Gasteiger partial charge in [0.25, 0.3) is 0 Å². The van der Waals surface area contributed by atoms with Crippen molar-refractivity contribution in [2.75, 3.05) is 6.54 Å². The zero-order valence-electron chi connectivity index (χ0n) is 13.2. The van der Waals surface area contributed by atoms with E-state index in [9.17, 15) is 23.1 Å². The number of hydrogen-bond acceptors (Lipinski definition) is 3. The van der Waals surface area contributed by atoms with E-state index in [0.29, 0.717) is 18.5 Å². The van der Waals surface area contributed by atoms with Gasteiger partial charge in [-0.3, -0.25) is 0 Å². The second-order valence-electron chi connectivity index (χ2n) is 5.89. The van der Waals surface area contributed by atoms with E-state index < -0.39 is 29.2 Å². The lowest BCUT2D eigenvalue weighted by Crippen LogP contribution is -2.32. The number of carbonyl (C=O) groups is 1. The van der Waals surface area contributed by atoms with Crippen LogP contribution in [0.2, 0.25) is 0 Å². The molecule has 0 unspecified atom stereocenters. The van der Waals surface area contributed by atoms with E-state index >= 15 is 0 Å². The average molecular weight is 331 g/mol. The summed E-state index contributed by atoms with van der Waals surface area (Å²) in [5.41, 5.74) is -1.35. The first-order valence-electron chi connectivity index (χ1n) is 7.02. The van der Waals surface area contributed by atoms with Crippen molar-refractivity contribution in [1.29, 1.82) is 0 Å². The Bertz CT molecular complexity index is 575. The Morgan fingerprint density at radius 1 is 1.30 bits per heavy atom. The van der Waals surface area contributed by atoms with Gasteiger partial charge in [0.1, 0.15) is 11.4 Å². The van der Waals surface area contributed by atoms with Crippen LogP contribution >= 0.6 is 0 Å². The largest absolute Gasteiger partial charge is 0.507 e. The predicted octanol–water partition coefficient (Wildman–Crippen LogP) is 4.34. The highest BCUT2D eigenvalue weighted by Gasteiger charge is 2.33. The molecule has 23 heavy (non-hydrogen) atoms. The van der Waals surface area contributed by atoms with Crippen LogP contribution in [0.25, 0.3) is 6.08 Å². The summed E-state index contributed by atoms with van der Waals surface area (Å²) in [6.45, 7) is 5.54. The van der Waals surface area contributed by atoms with Gasteiger partial charge in [-0.05, 0) is 44.9 Å². The summed E-state index contributed by atoms with van der Waals surface area (Å²) >= 11 is 0. The lowest BCUT2D eigenvalue weighted by molar-refractivity contribution is -0.138. The van der Waals surface area contributed by atoms with Gasteiger partial charge in [-0.1, -0.05) is 18.2 Å². The number of halogens is 3. The molecule has 0 saturated carbocycles. The molecule has 1 amide bonds. The number of alkyl carbamates (subject to hydrolysis) is 1. The number of benzene rings is 1. The van der Waals surface area contributed by atoms with E-state index in [-0.39, 0.29) is 0 Å². The second kappa shape index (κ2) is 7.39. The quantitative estimate of drug-likeness (QED) is 0.807. The average Bonchev–Trinajstić information content (AvgIpc) is 2.36. The first kappa shape index (κ1) is 18.9. The Kier molecular flexibility index (Phi) is 6.06. The Labute approximate surface area is 133 Å². The van der Waals surface area contributed by atoms with Gasteiger partial charge in [-0.2, -0.15) is 13.2 Å². The van der Waals surface area contributed by atoms with E-state index in [1.54, 1.807) is 26.8 Å². The van der Waals surface area contributed by atoms with Crippen LogP contribution in [0.4, 0.5) is 18.0 Å². The van der Waals surface area contributed by atoms with Crippen molar-refractivity contribution in [2.45, 2.75) is 39.0 Å². The molecule has 128 valence electrons. The SMILES string of the molecule is CC(C)(C)OC(=O)NCCC=Cc1ccc(O)c(C(F)(F)F)c1. The highest BCUT2D eigenvalue weighted by Crippen LogP contribution is 2.36. The van der Waals surface area contributed by atoms with Crippen molar-refractivity contribution in [3.8, 4) is 5.75 Å². The number of phenolic OH excluding ortho intramolecular Hbond substituents is 1. The van der Waals surface area contributed by atoms with Gasteiger partial charge >= 0.3 is 12.3 Å². The lowest BCUT2D eigenvalue weighted by Gasteiger charge is -2.19. The van der Waals surface area contributed by atoms with Gasteiger partial charge in [0, 0.05) is 6.54 Å². The monoisotopic (exact) mass is 331 g/mol. The Morgan fingerprint density at radius 3 is 2.52 bits per heavy atom. The summed E-state index contributed by atoms with van der Waals surface area (Å²) in [6.07, 6.45) is -1.60. The first-order valence-corrected chi connectivity index (χ1v) is 7.02. The Morgan fingerprint density at radius 2 is 1.96 bits per heavy atom. The fourth-order valence-corrected chi connectivity index (χ4v) is 1.68. The van der Waals surface area contributed by atoms with Gasteiger partial charge in [-0.15, -0.1) is 0 Å². The first-order chi connectivity index (χ1) is 10.5. The summed E-state index contributed by atoms with van der Waals surface area (Å²) in [4.78, 5) is 11.4. The number of carbonyl (C=O) groups excluding carboxylic acids is 1. The van der Waals surface area contributed by atoms with Gasteiger partial charge in [0.15, 0.2) is 0 Å². The van der Waals surface area contributed by atoms with Crippen molar-refractivity contribution in [3.63, 3.8) is 0 Å². The highest BCUT2D eigenvalue weighted by atomic mass is 19.4. The molecule has 7 heteroatoms. The van der Waals surface area contributed by atoms with Crippen LogP contribution in [-0.4, -0.2) is 23.3 Å². The van der Waals surface area contributed by atoms with Gasteiger partial charge in [0.05, 0.1) is 5.56 Å². The molecule has 0 aliphatic rings. The topological polar surface area (TPSA) is 58.6 Å². The standard InChI is InChI=1S/C16H20F3NO3/c1-15(2,3)23-14(22)20-9-5-4-6-11-7-8-13(21)12(10-11)16(17,18)19/h4,6-8,10,21H,5,9H2,1-3H3,(H,20,22). The summed E-state index contributed by atoms with van der Waals surface area (Å²) in [5.74, 6) is -0.804. The summed E-state index contributed by atoms with van der Waals surface area (Å²) < 4.78 is 43.0. The molecule has 0 aromatic heterocycles. The molecule has 0 saturated heterocycles. The minimum atomic E-state index is -4.60. The van der Waals surface area contributed by atoms with Crippen LogP contribution in [-0.2, 0) is 10.9 Å². The molecule has 0 aliphatic heterocycles. The van der Waals surface area contributed by atoms with Crippen LogP contribution in [0.3, 0.4) is 0 Å². The maximum Gasteiger partial charge on any atom is 0.419 e. The summed E-state index contributed by atoms with van der Waals surface area (Å²) in [6, 6.07) is 3.25. The van der Waals surface area contributed by atoms with Crippen LogP contribution in [0.5, 0.6) is 5.75 Å².